The van der Waals surface area contributed by atoms with Crippen molar-refractivity contribution < 1.29 is 14.3 Å². The van der Waals surface area contributed by atoms with E-state index in [2.05, 4.69) is 21.8 Å². The van der Waals surface area contributed by atoms with E-state index in [4.69, 9.17) is 9.47 Å². The predicted molar refractivity (Wildman–Crippen MR) is 80.8 cm³/mol. The molecule has 0 aliphatic carbocycles. The van der Waals surface area contributed by atoms with Crippen molar-refractivity contribution in [1.82, 2.24) is 14.9 Å². The van der Waals surface area contributed by atoms with Crippen LogP contribution in [0.5, 0.6) is 0 Å². The van der Waals surface area contributed by atoms with Crippen molar-refractivity contribution in [3.63, 3.8) is 0 Å². The van der Waals surface area contributed by atoms with Crippen LogP contribution in [0.2, 0.25) is 0 Å². The molecule has 1 atom stereocenters. The Morgan fingerprint density at radius 3 is 2.86 bits per heavy atom. The van der Waals surface area contributed by atoms with Gasteiger partial charge in [0.05, 0.1) is 26.4 Å². The summed E-state index contributed by atoms with van der Waals surface area (Å²) in [5, 5.41) is 0. The Morgan fingerprint density at radius 1 is 1.27 bits per heavy atom. The van der Waals surface area contributed by atoms with Crippen LogP contribution >= 0.6 is 0 Å². The Hall–Kier alpha value is -1.73. The number of nitrogens with zero attached hydrogens (tertiary/aromatic N) is 4. The summed E-state index contributed by atoms with van der Waals surface area (Å²) in [6.45, 7) is 6.38. The second-order valence-corrected chi connectivity index (χ2v) is 5.46. The molecule has 0 radical (unpaired) electrons. The molecule has 3 rings (SSSR count). The predicted octanol–water partition coefficient (Wildman–Crippen LogP) is 0.103. The highest BCUT2D eigenvalue weighted by atomic mass is 16.5. The minimum Gasteiger partial charge on any atom is -0.378 e. The van der Waals surface area contributed by atoms with E-state index in [1.54, 1.807) is 6.33 Å². The van der Waals surface area contributed by atoms with Gasteiger partial charge in [0.1, 0.15) is 12.1 Å². The average molecular weight is 306 g/mol. The highest BCUT2D eigenvalue weighted by molar-refractivity contribution is 5.82. The number of aromatic nitrogens is 2. The van der Waals surface area contributed by atoms with Gasteiger partial charge in [0, 0.05) is 31.4 Å². The molecule has 0 saturated carbocycles. The highest BCUT2D eigenvalue weighted by Crippen LogP contribution is 2.17. The van der Waals surface area contributed by atoms with E-state index >= 15 is 0 Å². The number of anilines is 1. The largest absolute Gasteiger partial charge is 0.378 e. The molecule has 2 saturated heterocycles. The van der Waals surface area contributed by atoms with Gasteiger partial charge in [0.15, 0.2) is 6.10 Å². The van der Waals surface area contributed by atoms with E-state index in [1.807, 2.05) is 11.0 Å². The maximum atomic E-state index is 12.5. The van der Waals surface area contributed by atoms with Crippen molar-refractivity contribution in [3.8, 4) is 0 Å². The van der Waals surface area contributed by atoms with Gasteiger partial charge in [-0.05, 0) is 6.42 Å². The van der Waals surface area contributed by atoms with Gasteiger partial charge < -0.3 is 19.3 Å². The zero-order chi connectivity index (χ0) is 15.4. The molecule has 2 aliphatic rings. The summed E-state index contributed by atoms with van der Waals surface area (Å²) >= 11 is 0. The van der Waals surface area contributed by atoms with Crippen LogP contribution in [0.4, 0.5) is 5.82 Å². The molecule has 22 heavy (non-hydrogen) atoms. The Bertz CT molecular complexity index is 519. The van der Waals surface area contributed by atoms with E-state index in [-0.39, 0.29) is 5.91 Å². The average Bonchev–Trinajstić information content (AvgIpc) is 2.62. The molecule has 0 N–H and O–H groups in total. The van der Waals surface area contributed by atoms with Crippen LogP contribution < -0.4 is 4.90 Å². The van der Waals surface area contributed by atoms with Crippen molar-refractivity contribution in [2.45, 2.75) is 19.4 Å². The normalized spacial score (nSPS) is 22.7. The van der Waals surface area contributed by atoms with Crippen molar-refractivity contribution in [1.29, 1.82) is 0 Å². The number of carbonyl (C=O) groups excluding carboxylic acids is 1. The minimum absolute atomic E-state index is 0.0535. The lowest BCUT2D eigenvalue weighted by Crippen LogP contribution is -2.53. The van der Waals surface area contributed by atoms with Gasteiger partial charge in [-0.2, -0.15) is 0 Å². The third-order valence-corrected chi connectivity index (χ3v) is 4.06. The maximum absolute atomic E-state index is 12.5. The van der Waals surface area contributed by atoms with Gasteiger partial charge in [0.25, 0.3) is 5.91 Å². The van der Waals surface area contributed by atoms with E-state index in [9.17, 15) is 4.79 Å². The fourth-order valence-corrected chi connectivity index (χ4v) is 2.75. The molecular weight excluding hydrogens is 284 g/mol. The molecule has 120 valence electrons. The summed E-state index contributed by atoms with van der Waals surface area (Å²) in [5.74, 6) is 0.924. The molecular formula is C15H22N4O3. The first-order valence-corrected chi connectivity index (χ1v) is 7.82. The zero-order valence-electron chi connectivity index (χ0n) is 12.9. The van der Waals surface area contributed by atoms with Gasteiger partial charge in [-0.3, -0.25) is 4.79 Å². The summed E-state index contributed by atoms with van der Waals surface area (Å²) in [5.41, 5.74) is 1.01. The van der Waals surface area contributed by atoms with Crippen LogP contribution in [-0.4, -0.2) is 72.9 Å². The number of hydrogen-bond donors (Lipinski definition) is 0. The fourth-order valence-electron chi connectivity index (χ4n) is 2.75. The monoisotopic (exact) mass is 306 g/mol. The third-order valence-electron chi connectivity index (χ3n) is 4.06. The summed E-state index contributed by atoms with van der Waals surface area (Å²) < 4.78 is 11.0. The minimum atomic E-state index is -0.424. The highest BCUT2D eigenvalue weighted by Gasteiger charge is 2.31. The number of amides is 1. The molecule has 1 aromatic rings. The Kier molecular flexibility index (Phi) is 4.84. The summed E-state index contributed by atoms with van der Waals surface area (Å²) in [6, 6.07) is 1.99. The first-order valence-electron chi connectivity index (χ1n) is 7.82. The standard InChI is InChI=1S/C15H22N4O3/c1-2-12-9-14(17-11-16-12)19-5-8-22-13(10-19)15(20)18-3-6-21-7-4-18/h9,11,13H,2-8,10H2,1H3. The Labute approximate surface area is 130 Å². The lowest BCUT2D eigenvalue weighted by atomic mass is 10.2. The third kappa shape index (κ3) is 3.36. The molecule has 2 aliphatic heterocycles. The second-order valence-electron chi connectivity index (χ2n) is 5.46. The SMILES string of the molecule is CCc1cc(N2CCOC(C(=O)N3CCOCC3)C2)ncn1. The van der Waals surface area contributed by atoms with Gasteiger partial charge >= 0.3 is 0 Å². The van der Waals surface area contributed by atoms with E-state index in [0.717, 1.165) is 24.5 Å². The number of ether oxygens (including phenoxy) is 2. The number of aryl methyl sites for hydroxylation is 1. The second kappa shape index (κ2) is 7.02. The molecule has 0 bridgehead atoms. The molecule has 0 spiro atoms. The van der Waals surface area contributed by atoms with Gasteiger partial charge in [0.2, 0.25) is 0 Å². The number of hydrogen-bond acceptors (Lipinski definition) is 6. The summed E-state index contributed by atoms with van der Waals surface area (Å²) in [4.78, 5) is 25.0. The molecule has 3 heterocycles. The Morgan fingerprint density at radius 2 is 2.09 bits per heavy atom. The van der Waals surface area contributed by atoms with Crippen LogP contribution in [-0.2, 0) is 20.7 Å². The van der Waals surface area contributed by atoms with Crippen molar-refractivity contribution in [2.75, 3.05) is 50.9 Å². The quantitative estimate of drug-likeness (QED) is 0.789. The maximum Gasteiger partial charge on any atom is 0.253 e. The molecule has 7 nitrogen and oxygen atoms in total. The topological polar surface area (TPSA) is 67.8 Å². The lowest BCUT2D eigenvalue weighted by Gasteiger charge is -2.36. The first-order chi connectivity index (χ1) is 10.8. The van der Waals surface area contributed by atoms with Crippen molar-refractivity contribution >= 4 is 11.7 Å². The van der Waals surface area contributed by atoms with Gasteiger partial charge in [-0.15, -0.1) is 0 Å². The summed E-state index contributed by atoms with van der Waals surface area (Å²) in [6.07, 6.45) is 2.03. The van der Waals surface area contributed by atoms with E-state index < -0.39 is 6.10 Å². The smallest absolute Gasteiger partial charge is 0.253 e. The van der Waals surface area contributed by atoms with Crippen LogP contribution in [0.3, 0.4) is 0 Å². The fraction of sp³-hybridized carbons (Fsp3) is 0.667. The lowest BCUT2D eigenvalue weighted by molar-refractivity contribution is -0.148. The van der Waals surface area contributed by atoms with Crippen LogP contribution in [0.1, 0.15) is 12.6 Å². The Balaban J connectivity index is 1.66. The number of rotatable bonds is 3. The zero-order valence-corrected chi connectivity index (χ0v) is 12.9. The molecule has 0 aromatic carbocycles. The van der Waals surface area contributed by atoms with Crippen molar-refractivity contribution in [2.24, 2.45) is 0 Å². The van der Waals surface area contributed by atoms with E-state index in [0.29, 0.717) is 39.5 Å². The van der Waals surface area contributed by atoms with Crippen LogP contribution in [0.25, 0.3) is 0 Å². The molecule has 2 fully saturated rings. The van der Waals surface area contributed by atoms with Crippen molar-refractivity contribution in [3.05, 3.63) is 18.1 Å². The molecule has 1 aromatic heterocycles. The van der Waals surface area contributed by atoms with Crippen LogP contribution in [0, 0.1) is 0 Å². The molecule has 7 heteroatoms. The summed E-state index contributed by atoms with van der Waals surface area (Å²) in [7, 11) is 0. The van der Waals surface area contributed by atoms with Gasteiger partial charge in [-0.1, -0.05) is 6.92 Å². The molecule has 1 unspecified atom stereocenters. The number of morpholine rings is 2. The van der Waals surface area contributed by atoms with E-state index in [1.165, 1.54) is 0 Å². The molecule has 1 amide bonds. The number of carbonyl (C=O) groups is 1. The first kappa shape index (κ1) is 15.2. The van der Waals surface area contributed by atoms with Crippen LogP contribution in [0.15, 0.2) is 12.4 Å². The van der Waals surface area contributed by atoms with Gasteiger partial charge in [-0.25, -0.2) is 9.97 Å².